The van der Waals surface area contributed by atoms with Gasteiger partial charge < -0.3 is 15.2 Å². The molecule has 1 aliphatic carbocycles. The maximum atomic E-state index is 12.2. The van der Waals surface area contributed by atoms with E-state index in [0.717, 1.165) is 12.1 Å². The Bertz CT molecular complexity index is 588. The molecular formula is C15H16F3NO4. The van der Waals surface area contributed by atoms with Gasteiger partial charge in [0.05, 0.1) is 5.92 Å². The zero-order valence-electron chi connectivity index (χ0n) is 12.1. The molecule has 0 aliphatic heterocycles. The molecule has 0 saturated heterocycles. The normalized spacial score (nSPS) is 21.5. The van der Waals surface area contributed by atoms with Crippen molar-refractivity contribution in [2.45, 2.75) is 32.0 Å². The zero-order valence-corrected chi connectivity index (χ0v) is 12.1. The lowest BCUT2D eigenvalue weighted by Crippen LogP contribution is -2.30. The van der Waals surface area contributed by atoms with Crippen LogP contribution >= 0.6 is 0 Å². The zero-order chi connectivity index (χ0) is 17.0. The van der Waals surface area contributed by atoms with Crippen LogP contribution < -0.4 is 10.1 Å². The minimum absolute atomic E-state index is 0.175. The van der Waals surface area contributed by atoms with E-state index in [0.29, 0.717) is 19.3 Å². The topological polar surface area (TPSA) is 75.6 Å². The number of hydrogen-bond donors (Lipinski definition) is 2. The van der Waals surface area contributed by atoms with E-state index in [4.69, 9.17) is 5.11 Å². The van der Waals surface area contributed by atoms with E-state index < -0.39 is 29.9 Å². The number of alkyl halides is 3. The maximum Gasteiger partial charge on any atom is 0.573 e. The second kappa shape index (κ2) is 6.89. The smallest absolute Gasteiger partial charge is 0.481 e. The quantitative estimate of drug-likeness (QED) is 0.886. The Morgan fingerprint density at radius 1 is 1.22 bits per heavy atom. The summed E-state index contributed by atoms with van der Waals surface area (Å²) in [6, 6.07) is 4.98. The number of anilines is 1. The third kappa shape index (κ3) is 5.15. The highest BCUT2D eigenvalue weighted by molar-refractivity contribution is 5.93. The highest BCUT2D eigenvalue weighted by Crippen LogP contribution is 2.31. The van der Waals surface area contributed by atoms with Crippen LogP contribution in [0.4, 0.5) is 18.9 Å². The Hall–Kier alpha value is -2.25. The average molecular weight is 331 g/mol. The molecule has 0 aromatic heterocycles. The molecule has 2 unspecified atom stereocenters. The Labute approximate surface area is 130 Å². The number of ether oxygens (including phenoxy) is 1. The average Bonchev–Trinajstić information content (AvgIpc) is 2.46. The van der Waals surface area contributed by atoms with Crippen molar-refractivity contribution in [3.8, 4) is 5.75 Å². The fourth-order valence-electron chi connectivity index (χ4n) is 2.67. The summed E-state index contributed by atoms with van der Waals surface area (Å²) in [6.45, 7) is 0. The first-order valence-electron chi connectivity index (χ1n) is 7.14. The number of nitrogens with one attached hydrogen (secondary N) is 1. The Balaban J connectivity index is 2.00. The van der Waals surface area contributed by atoms with E-state index in [1.165, 1.54) is 12.1 Å². The summed E-state index contributed by atoms with van der Waals surface area (Å²) in [7, 11) is 0. The van der Waals surface area contributed by atoms with Crippen molar-refractivity contribution >= 4 is 17.6 Å². The number of carbonyl (C=O) groups excluding carboxylic acids is 1. The lowest BCUT2D eigenvalue weighted by Gasteiger charge is -2.25. The molecular weight excluding hydrogens is 315 g/mol. The number of rotatable bonds is 4. The fourth-order valence-corrected chi connectivity index (χ4v) is 2.67. The van der Waals surface area contributed by atoms with Gasteiger partial charge >= 0.3 is 12.3 Å². The highest BCUT2D eigenvalue weighted by Gasteiger charge is 2.32. The first-order valence-corrected chi connectivity index (χ1v) is 7.14. The summed E-state index contributed by atoms with van der Waals surface area (Å²) in [5.74, 6) is -2.76. The summed E-state index contributed by atoms with van der Waals surface area (Å²) >= 11 is 0. The van der Waals surface area contributed by atoms with Gasteiger partial charge in [0.25, 0.3) is 0 Å². The van der Waals surface area contributed by atoms with Crippen LogP contribution in [0.1, 0.15) is 25.7 Å². The van der Waals surface area contributed by atoms with E-state index in [2.05, 4.69) is 10.1 Å². The van der Waals surface area contributed by atoms with Crippen LogP contribution in [0.15, 0.2) is 24.3 Å². The monoisotopic (exact) mass is 331 g/mol. The number of amides is 1. The number of carbonyl (C=O) groups is 2. The third-order valence-electron chi connectivity index (χ3n) is 3.73. The molecule has 2 atom stereocenters. The van der Waals surface area contributed by atoms with Crippen molar-refractivity contribution < 1.29 is 32.6 Å². The minimum atomic E-state index is -4.80. The molecule has 1 saturated carbocycles. The van der Waals surface area contributed by atoms with Crippen LogP contribution in [0, 0.1) is 11.8 Å². The van der Waals surface area contributed by atoms with Gasteiger partial charge in [-0.25, -0.2) is 0 Å². The SMILES string of the molecule is O=C(O)C1CCCC(C(=O)Nc2cccc(OC(F)(F)F)c2)C1. The van der Waals surface area contributed by atoms with Gasteiger partial charge in [-0.3, -0.25) is 9.59 Å². The molecule has 23 heavy (non-hydrogen) atoms. The van der Waals surface area contributed by atoms with Gasteiger partial charge in [-0.1, -0.05) is 12.5 Å². The van der Waals surface area contributed by atoms with Crippen molar-refractivity contribution in [1.29, 1.82) is 0 Å². The van der Waals surface area contributed by atoms with Crippen molar-refractivity contribution in [1.82, 2.24) is 0 Å². The Kier molecular flexibility index (Phi) is 5.12. The first kappa shape index (κ1) is 17.1. The van der Waals surface area contributed by atoms with Crippen molar-refractivity contribution in [2.24, 2.45) is 11.8 Å². The van der Waals surface area contributed by atoms with Gasteiger partial charge in [-0.2, -0.15) is 0 Å². The van der Waals surface area contributed by atoms with E-state index >= 15 is 0 Å². The van der Waals surface area contributed by atoms with Gasteiger partial charge in [-0.05, 0) is 31.4 Å². The molecule has 1 amide bonds. The van der Waals surface area contributed by atoms with Crippen molar-refractivity contribution in [3.63, 3.8) is 0 Å². The van der Waals surface area contributed by atoms with Gasteiger partial charge in [-0.15, -0.1) is 13.2 Å². The van der Waals surface area contributed by atoms with Gasteiger partial charge in [0.1, 0.15) is 5.75 Å². The molecule has 2 rings (SSSR count). The number of aliphatic carboxylic acids is 1. The molecule has 0 spiro atoms. The molecule has 0 bridgehead atoms. The summed E-state index contributed by atoms with van der Waals surface area (Å²) in [4.78, 5) is 23.2. The molecule has 5 nitrogen and oxygen atoms in total. The van der Waals surface area contributed by atoms with Crippen LogP contribution in [0.25, 0.3) is 0 Å². The predicted molar refractivity (Wildman–Crippen MR) is 74.8 cm³/mol. The molecule has 1 fully saturated rings. The van der Waals surface area contributed by atoms with Gasteiger partial charge in [0, 0.05) is 17.7 Å². The van der Waals surface area contributed by atoms with Crippen LogP contribution in [-0.4, -0.2) is 23.3 Å². The number of benzene rings is 1. The minimum Gasteiger partial charge on any atom is -0.481 e. The Morgan fingerprint density at radius 3 is 2.57 bits per heavy atom. The fraction of sp³-hybridized carbons (Fsp3) is 0.467. The highest BCUT2D eigenvalue weighted by atomic mass is 19.4. The summed E-state index contributed by atoms with van der Waals surface area (Å²) < 4.78 is 40.3. The van der Waals surface area contributed by atoms with Crippen molar-refractivity contribution in [3.05, 3.63) is 24.3 Å². The molecule has 1 aliphatic rings. The predicted octanol–water partition coefficient (Wildman–Crippen LogP) is 3.41. The van der Waals surface area contributed by atoms with Crippen LogP contribution in [0.5, 0.6) is 5.75 Å². The summed E-state index contributed by atoms with van der Waals surface area (Å²) in [5, 5.41) is 11.5. The number of halogens is 3. The lowest BCUT2D eigenvalue weighted by molar-refractivity contribution is -0.274. The number of hydrogen-bond acceptors (Lipinski definition) is 3. The standard InChI is InChI=1S/C15H16F3NO4/c16-15(17,18)23-12-6-2-5-11(8-12)19-13(20)9-3-1-4-10(7-9)14(21)22/h2,5-6,8-10H,1,3-4,7H2,(H,19,20)(H,21,22). The number of carboxylic acids is 1. The van der Waals surface area contributed by atoms with E-state index in [1.807, 2.05) is 0 Å². The number of carboxylic acid groups (broad SMARTS) is 1. The van der Waals surface area contributed by atoms with E-state index in [9.17, 15) is 22.8 Å². The molecule has 0 radical (unpaired) electrons. The molecule has 1 aromatic rings. The van der Waals surface area contributed by atoms with E-state index in [-0.39, 0.29) is 18.0 Å². The third-order valence-corrected chi connectivity index (χ3v) is 3.73. The Morgan fingerprint density at radius 2 is 1.91 bits per heavy atom. The molecule has 8 heteroatoms. The van der Waals surface area contributed by atoms with Gasteiger partial charge in [0.15, 0.2) is 0 Å². The molecule has 2 N–H and O–H groups in total. The second-order valence-corrected chi connectivity index (χ2v) is 5.46. The van der Waals surface area contributed by atoms with Gasteiger partial charge in [0.2, 0.25) is 5.91 Å². The first-order chi connectivity index (χ1) is 10.7. The summed E-state index contributed by atoms with van der Waals surface area (Å²) in [6.07, 6.45) is -2.84. The van der Waals surface area contributed by atoms with Crippen LogP contribution in [0.3, 0.4) is 0 Å². The van der Waals surface area contributed by atoms with Crippen LogP contribution in [0.2, 0.25) is 0 Å². The molecule has 1 aromatic carbocycles. The second-order valence-electron chi connectivity index (χ2n) is 5.46. The lowest BCUT2D eigenvalue weighted by atomic mass is 9.81. The van der Waals surface area contributed by atoms with Crippen molar-refractivity contribution in [2.75, 3.05) is 5.32 Å². The molecule has 126 valence electrons. The van der Waals surface area contributed by atoms with Crippen LogP contribution in [-0.2, 0) is 9.59 Å². The van der Waals surface area contributed by atoms with E-state index in [1.54, 1.807) is 0 Å². The summed E-state index contributed by atoms with van der Waals surface area (Å²) in [5.41, 5.74) is 0.175. The molecule has 0 heterocycles. The largest absolute Gasteiger partial charge is 0.573 e. The maximum absolute atomic E-state index is 12.2.